The second kappa shape index (κ2) is 7.01. The van der Waals surface area contributed by atoms with Crippen molar-refractivity contribution in [1.29, 1.82) is 0 Å². The molecule has 0 atom stereocenters. The van der Waals surface area contributed by atoms with E-state index in [0.29, 0.717) is 10.9 Å². The molecule has 0 amide bonds. The van der Waals surface area contributed by atoms with Crippen molar-refractivity contribution >= 4 is 38.4 Å². The smallest absolute Gasteiger partial charge is 0.308 e. The normalized spacial score (nSPS) is 11.1. The highest BCUT2D eigenvalue weighted by Gasteiger charge is 2.10. The summed E-state index contributed by atoms with van der Waals surface area (Å²) in [4.78, 5) is 28.7. The number of para-hydroxylation sites is 1. The minimum atomic E-state index is -0.411. The number of benzene rings is 2. The van der Waals surface area contributed by atoms with Crippen LogP contribution in [0.15, 0.2) is 53.3 Å². The first kappa shape index (κ1) is 16.3. The fourth-order valence-corrected chi connectivity index (χ4v) is 3.44. The SMILES string of the molecule is O=C(CCn1nnc2ccccc2c1=O)OCc1nc2ccccc2s1. The molecule has 130 valence electrons. The van der Waals surface area contributed by atoms with Crippen molar-refractivity contribution < 1.29 is 9.53 Å². The summed E-state index contributed by atoms with van der Waals surface area (Å²) in [6, 6.07) is 14.7. The molecule has 0 saturated carbocycles. The summed E-state index contributed by atoms with van der Waals surface area (Å²) >= 11 is 1.49. The molecule has 2 heterocycles. The van der Waals surface area contributed by atoms with E-state index >= 15 is 0 Å². The Kier molecular flexibility index (Phi) is 4.40. The van der Waals surface area contributed by atoms with Gasteiger partial charge in [-0.15, -0.1) is 16.4 Å². The second-order valence-electron chi connectivity index (χ2n) is 5.62. The van der Waals surface area contributed by atoms with Crippen LogP contribution in [0.3, 0.4) is 0 Å². The van der Waals surface area contributed by atoms with E-state index in [9.17, 15) is 9.59 Å². The number of aryl methyl sites for hydroxylation is 1. The van der Waals surface area contributed by atoms with Crippen molar-refractivity contribution in [3.05, 3.63) is 63.9 Å². The predicted octanol–water partition coefficient (Wildman–Crippen LogP) is 2.53. The van der Waals surface area contributed by atoms with Gasteiger partial charge in [0.2, 0.25) is 0 Å². The third-order valence-electron chi connectivity index (χ3n) is 3.85. The average molecular weight is 366 g/mol. The van der Waals surface area contributed by atoms with Crippen molar-refractivity contribution in [2.24, 2.45) is 0 Å². The molecule has 7 nitrogen and oxygen atoms in total. The van der Waals surface area contributed by atoms with Crippen molar-refractivity contribution in [3.63, 3.8) is 0 Å². The fourth-order valence-electron chi connectivity index (χ4n) is 2.56. The molecule has 0 aliphatic carbocycles. The molecule has 0 radical (unpaired) electrons. The molecule has 0 spiro atoms. The first-order valence-electron chi connectivity index (χ1n) is 8.03. The molecule has 2 aromatic heterocycles. The number of hydrogen-bond acceptors (Lipinski definition) is 7. The van der Waals surface area contributed by atoms with Gasteiger partial charge in [0.05, 0.1) is 28.6 Å². The number of carbonyl (C=O) groups is 1. The summed E-state index contributed by atoms with van der Waals surface area (Å²) in [5, 5.41) is 9.07. The molecule has 0 aliphatic heterocycles. The van der Waals surface area contributed by atoms with Gasteiger partial charge in [-0.3, -0.25) is 9.59 Å². The second-order valence-corrected chi connectivity index (χ2v) is 6.74. The van der Waals surface area contributed by atoms with Gasteiger partial charge in [0.1, 0.15) is 17.1 Å². The molecule has 0 fully saturated rings. The molecule has 8 heteroatoms. The van der Waals surface area contributed by atoms with Gasteiger partial charge in [0.25, 0.3) is 5.56 Å². The van der Waals surface area contributed by atoms with Crippen molar-refractivity contribution in [2.45, 2.75) is 19.6 Å². The summed E-state index contributed by atoms with van der Waals surface area (Å²) in [5.74, 6) is -0.411. The predicted molar refractivity (Wildman–Crippen MR) is 97.8 cm³/mol. The molecule has 2 aromatic carbocycles. The third-order valence-corrected chi connectivity index (χ3v) is 4.86. The fraction of sp³-hybridized carbons (Fsp3) is 0.167. The van der Waals surface area contributed by atoms with E-state index in [4.69, 9.17) is 4.74 Å². The van der Waals surface area contributed by atoms with Crippen molar-refractivity contribution in [3.8, 4) is 0 Å². The maximum Gasteiger partial charge on any atom is 0.308 e. The molecular formula is C18H14N4O3S. The van der Waals surface area contributed by atoms with E-state index in [0.717, 1.165) is 15.2 Å². The first-order chi connectivity index (χ1) is 12.7. The lowest BCUT2D eigenvalue weighted by molar-refractivity contribution is -0.145. The van der Waals surface area contributed by atoms with Crippen LogP contribution in [-0.4, -0.2) is 25.9 Å². The third kappa shape index (κ3) is 3.31. The van der Waals surface area contributed by atoms with Crippen LogP contribution in [0.2, 0.25) is 0 Å². The van der Waals surface area contributed by atoms with E-state index < -0.39 is 5.97 Å². The molecule has 4 aromatic rings. The van der Waals surface area contributed by atoms with E-state index in [1.807, 2.05) is 24.3 Å². The van der Waals surface area contributed by atoms with Crippen LogP contribution in [0.5, 0.6) is 0 Å². The average Bonchev–Trinajstić information content (AvgIpc) is 3.09. The van der Waals surface area contributed by atoms with Gasteiger partial charge >= 0.3 is 5.97 Å². The minimum Gasteiger partial charge on any atom is -0.458 e. The van der Waals surface area contributed by atoms with Crippen molar-refractivity contribution in [1.82, 2.24) is 20.0 Å². The van der Waals surface area contributed by atoms with Gasteiger partial charge in [-0.05, 0) is 24.3 Å². The number of hydrogen-bond donors (Lipinski definition) is 0. The molecule has 0 unspecified atom stereocenters. The molecule has 0 saturated heterocycles. The zero-order chi connectivity index (χ0) is 17.9. The largest absolute Gasteiger partial charge is 0.458 e. The van der Waals surface area contributed by atoms with E-state index in [2.05, 4.69) is 15.3 Å². The Balaban J connectivity index is 1.38. The number of ether oxygens (including phenoxy) is 1. The zero-order valence-electron chi connectivity index (χ0n) is 13.7. The Bertz CT molecular complexity index is 1120. The lowest BCUT2D eigenvalue weighted by atomic mass is 10.2. The van der Waals surface area contributed by atoms with Crippen LogP contribution in [-0.2, 0) is 22.7 Å². The highest BCUT2D eigenvalue weighted by atomic mass is 32.1. The highest BCUT2D eigenvalue weighted by Crippen LogP contribution is 2.22. The number of aromatic nitrogens is 4. The van der Waals surface area contributed by atoms with Crippen LogP contribution in [0.25, 0.3) is 21.1 Å². The van der Waals surface area contributed by atoms with Gasteiger partial charge in [-0.1, -0.05) is 29.5 Å². The molecule has 4 rings (SSSR count). The van der Waals surface area contributed by atoms with Gasteiger partial charge in [0, 0.05) is 0 Å². The Morgan fingerprint density at radius 3 is 2.69 bits per heavy atom. The molecule has 0 N–H and O–H groups in total. The van der Waals surface area contributed by atoms with Crippen LogP contribution >= 0.6 is 11.3 Å². The van der Waals surface area contributed by atoms with Crippen LogP contribution in [0.1, 0.15) is 11.4 Å². The number of carbonyl (C=O) groups excluding carboxylic acids is 1. The molecular weight excluding hydrogens is 352 g/mol. The summed E-state index contributed by atoms with van der Waals surface area (Å²) < 4.78 is 7.49. The van der Waals surface area contributed by atoms with Gasteiger partial charge in [-0.2, -0.15) is 0 Å². The van der Waals surface area contributed by atoms with Crippen LogP contribution in [0.4, 0.5) is 0 Å². The summed E-state index contributed by atoms with van der Waals surface area (Å²) in [7, 11) is 0. The number of esters is 1. The zero-order valence-corrected chi connectivity index (χ0v) is 14.5. The molecule has 0 aliphatic rings. The summed E-state index contributed by atoms with van der Waals surface area (Å²) in [6.45, 7) is 0.242. The Morgan fingerprint density at radius 2 is 1.85 bits per heavy atom. The lowest BCUT2D eigenvalue weighted by Crippen LogP contribution is -2.25. The number of rotatable bonds is 5. The van der Waals surface area contributed by atoms with Crippen LogP contribution in [0, 0.1) is 0 Å². The molecule has 0 bridgehead atoms. The van der Waals surface area contributed by atoms with E-state index in [-0.39, 0.29) is 25.1 Å². The van der Waals surface area contributed by atoms with Crippen LogP contribution < -0.4 is 5.56 Å². The Hall–Kier alpha value is -3.13. The topological polar surface area (TPSA) is 87.0 Å². The summed E-state index contributed by atoms with van der Waals surface area (Å²) in [5.41, 5.74) is 1.16. The molecule has 26 heavy (non-hydrogen) atoms. The maximum absolute atomic E-state index is 12.3. The van der Waals surface area contributed by atoms with Gasteiger partial charge in [0.15, 0.2) is 0 Å². The van der Waals surface area contributed by atoms with E-state index in [1.165, 1.54) is 16.0 Å². The van der Waals surface area contributed by atoms with Gasteiger partial charge in [-0.25, -0.2) is 9.67 Å². The van der Waals surface area contributed by atoms with Crippen molar-refractivity contribution in [2.75, 3.05) is 0 Å². The quantitative estimate of drug-likeness (QED) is 0.505. The number of thiazole rings is 1. The number of fused-ring (bicyclic) bond motifs is 2. The van der Waals surface area contributed by atoms with Gasteiger partial charge < -0.3 is 4.74 Å². The number of nitrogens with zero attached hydrogens (tertiary/aromatic N) is 4. The Labute approximate surface area is 151 Å². The first-order valence-corrected chi connectivity index (χ1v) is 8.85. The monoisotopic (exact) mass is 366 g/mol. The lowest BCUT2D eigenvalue weighted by Gasteiger charge is -2.05. The summed E-state index contributed by atoms with van der Waals surface area (Å²) in [6.07, 6.45) is 0.0395. The standard InChI is InChI=1S/C18H14N4O3S/c23-17(25-11-16-19-14-7-3-4-8-15(14)26-16)9-10-22-18(24)12-5-1-2-6-13(12)20-21-22/h1-8H,9-11H2. The Morgan fingerprint density at radius 1 is 1.08 bits per heavy atom. The maximum atomic E-state index is 12.3. The highest BCUT2D eigenvalue weighted by molar-refractivity contribution is 7.18. The van der Waals surface area contributed by atoms with E-state index in [1.54, 1.807) is 24.3 Å². The minimum absolute atomic E-state index is 0.0395.